The Balaban J connectivity index is 2.49. The lowest BCUT2D eigenvalue weighted by Gasteiger charge is -2.11. The number of alkyl halides is 2. The minimum atomic E-state index is -2.44. The van der Waals surface area contributed by atoms with Gasteiger partial charge in [-0.25, -0.2) is 8.78 Å². The highest BCUT2D eigenvalue weighted by Crippen LogP contribution is 2.13. The summed E-state index contributed by atoms with van der Waals surface area (Å²) in [6.07, 6.45) is -2.85. The van der Waals surface area contributed by atoms with Crippen LogP contribution in [0.2, 0.25) is 0 Å². The molecule has 0 aliphatic rings. The fraction of sp³-hybridized carbons (Fsp3) is 0.364. The molecule has 15 heavy (non-hydrogen) atoms. The molecule has 0 aliphatic heterocycles. The number of halogens is 2. The predicted molar refractivity (Wildman–Crippen MR) is 54.9 cm³/mol. The highest BCUT2D eigenvalue weighted by Gasteiger charge is 2.17. The van der Waals surface area contributed by atoms with Crippen LogP contribution in [0, 0.1) is 5.92 Å². The van der Waals surface area contributed by atoms with E-state index in [1.165, 1.54) is 6.92 Å². The van der Waals surface area contributed by atoms with Crippen molar-refractivity contribution in [2.24, 2.45) is 5.92 Å². The van der Waals surface area contributed by atoms with Gasteiger partial charge in [-0.15, -0.1) is 0 Å². The molecule has 0 heterocycles. The van der Waals surface area contributed by atoms with Gasteiger partial charge in [0.1, 0.15) is 0 Å². The Labute approximate surface area is 87.3 Å². The monoisotopic (exact) mass is 213 g/mol. The quantitative estimate of drug-likeness (QED) is 0.818. The molecule has 0 saturated carbocycles. The van der Waals surface area contributed by atoms with Crippen LogP contribution in [0.4, 0.5) is 14.5 Å². The summed E-state index contributed by atoms with van der Waals surface area (Å²) in [4.78, 5) is 11.4. The largest absolute Gasteiger partial charge is 0.326 e. The molecule has 4 heteroatoms. The molecule has 2 nitrogen and oxygen atoms in total. The summed E-state index contributed by atoms with van der Waals surface area (Å²) < 4.78 is 24.0. The van der Waals surface area contributed by atoms with Crippen LogP contribution in [0.15, 0.2) is 30.3 Å². The van der Waals surface area contributed by atoms with E-state index < -0.39 is 18.8 Å². The fourth-order valence-electron chi connectivity index (χ4n) is 1.16. The van der Waals surface area contributed by atoms with E-state index in [0.29, 0.717) is 5.69 Å². The average molecular weight is 213 g/mol. The molecule has 0 bridgehead atoms. The molecule has 0 radical (unpaired) electrons. The van der Waals surface area contributed by atoms with Crippen molar-refractivity contribution < 1.29 is 13.6 Å². The molecule has 1 rings (SSSR count). The Hall–Kier alpha value is -1.45. The van der Waals surface area contributed by atoms with Crippen LogP contribution < -0.4 is 5.32 Å². The zero-order valence-corrected chi connectivity index (χ0v) is 8.41. The van der Waals surface area contributed by atoms with E-state index in [2.05, 4.69) is 5.32 Å². The van der Waals surface area contributed by atoms with Gasteiger partial charge in [0.05, 0.1) is 0 Å². The van der Waals surface area contributed by atoms with Gasteiger partial charge in [0.2, 0.25) is 12.3 Å². The van der Waals surface area contributed by atoms with Gasteiger partial charge in [-0.05, 0) is 12.1 Å². The lowest BCUT2D eigenvalue weighted by Crippen LogP contribution is -2.22. The molecule has 0 saturated heterocycles. The van der Waals surface area contributed by atoms with E-state index in [-0.39, 0.29) is 5.91 Å². The van der Waals surface area contributed by atoms with Gasteiger partial charge >= 0.3 is 0 Å². The predicted octanol–water partition coefficient (Wildman–Crippen LogP) is 2.92. The first-order chi connectivity index (χ1) is 7.09. The van der Waals surface area contributed by atoms with E-state index in [1.807, 2.05) is 6.07 Å². The Morgan fingerprint density at radius 2 is 1.93 bits per heavy atom. The molecule has 0 aliphatic carbocycles. The molecule has 1 amide bonds. The SMILES string of the molecule is CC(CC(F)F)C(=O)Nc1ccccc1. The lowest BCUT2D eigenvalue weighted by molar-refractivity contribution is -0.120. The van der Waals surface area contributed by atoms with E-state index in [0.717, 1.165) is 0 Å². The number of rotatable bonds is 4. The van der Waals surface area contributed by atoms with Crippen molar-refractivity contribution in [1.29, 1.82) is 0 Å². The van der Waals surface area contributed by atoms with Crippen molar-refractivity contribution in [2.45, 2.75) is 19.8 Å². The van der Waals surface area contributed by atoms with Crippen molar-refractivity contribution in [1.82, 2.24) is 0 Å². The Bertz CT molecular complexity index is 314. The maximum atomic E-state index is 12.0. The number of hydrogen-bond donors (Lipinski definition) is 1. The third kappa shape index (κ3) is 4.06. The van der Waals surface area contributed by atoms with E-state index in [1.54, 1.807) is 24.3 Å². The first-order valence-corrected chi connectivity index (χ1v) is 4.73. The molecule has 82 valence electrons. The van der Waals surface area contributed by atoms with Crippen LogP contribution in [0.5, 0.6) is 0 Å². The van der Waals surface area contributed by atoms with Crippen LogP contribution >= 0.6 is 0 Å². The summed E-state index contributed by atoms with van der Waals surface area (Å²) in [5.74, 6) is -1.05. The minimum Gasteiger partial charge on any atom is -0.326 e. The number of nitrogens with one attached hydrogen (secondary N) is 1. The van der Waals surface area contributed by atoms with E-state index >= 15 is 0 Å². The number of hydrogen-bond acceptors (Lipinski definition) is 1. The molecule has 0 fully saturated rings. The van der Waals surface area contributed by atoms with Crippen molar-refractivity contribution in [2.75, 3.05) is 5.32 Å². The number of amides is 1. The molecular weight excluding hydrogens is 200 g/mol. The summed E-state index contributed by atoms with van der Waals surface area (Å²) >= 11 is 0. The van der Waals surface area contributed by atoms with Gasteiger partial charge in [-0.3, -0.25) is 4.79 Å². The molecule has 0 spiro atoms. The summed E-state index contributed by atoms with van der Waals surface area (Å²) in [5.41, 5.74) is 0.628. The zero-order chi connectivity index (χ0) is 11.3. The van der Waals surface area contributed by atoms with Crippen LogP contribution in [-0.2, 0) is 4.79 Å². The molecule has 0 aromatic heterocycles. The van der Waals surface area contributed by atoms with E-state index in [4.69, 9.17) is 0 Å². The number of carbonyl (C=O) groups is 1. The number of benzene rings is 1. The van der Waals surface area contributed by atoms with Crippen molar-refractivity contribution in [3.63, 3.8) is 0 Å². The van der Waals surface area contributed by atoms with Gasteiger partial charge in [-0.2, -0.15) is 0 Å². The molecule has 1 aromatic rings. The van der Waals surface area contributed by atoms with Gasteiger partial charge in [0, 0.05) is 18.0 Å². The second kappa shape index (κ2) is 5.44. The summed E-state index contributed by atoms with van der Waals surface area (Å²) in [5, 5.41) is 2.57. The smallest absolute Gasteiger partial charge is 0.239 e. The topological polar surface area (TPSA) is 29.1 Å². The molecule has 1 atom stereocenters. The first-order valence-electron chi connectivity index (χ1n) is 4.73. The van der Waals surface area contributed by atoms with Crippen LogP contribution in [0.3, 0.4) is 0 Å². The molecule has 1 aromatic carbocycles. The summed E-state index contributed by atoms with van der Waals surface area (Å²) in [6, 6.07) is 8.79. The maximum Gasteiger partial charge on any atom is 0.239 e. The van der Waals surface area contributed by atoms with Crippen LogP contribution in [0.1, 0.15) is 13.3 Å². The molecular formula is C11H13F2NO. The Morgan fingerprint density at radius 3 is 2.47 bits per heavy atom. The third-order valence-electron chi connectivity index (χ3n) is 2.02. The Kier molecular flexibility index (Phi) is 4.21. The van der Waals surface area contributed by atoms with Crippen LogP contribution in [0.25, 0.3) is 0 Å². The zero-order valence-electron chi connectivity index (χ0n) is 8.41. The van der Waals surface area contributed by atoms with E-state index in [9.17, 15) is 13.6 Å². The lowest BCUT2D eigenvalue weighted by atomic mass is 10.1. The first kappa shape index (κ1) is 11.6. The molecule has 1 N–H and O–H groups in total. The molecule has 1 unspecified atom stereocenters. The number of anilines is 1. The second-order valence-corrected chi connectivity index (χ2v) is 3.38. The van der Waals surface area contributed by atoms with Crippen molar-refractivity contribution in [3.05, 3.63) is 30.3 Å². The normalized spacial score (nSPS) is 12.5. The van der Waals surface area contributed by atoms with Gasteiger partial charge in [-0.1, -0.05) is 25.1 Å². The highest BCUT2D eigenvalue weighted by molar-refractivity contribution is 5.92. The van der Waals surface area contributed by atoms with Crippen molar-refractivity contribution in [3.8, 4) is 0 Å². The standard InChI is InChI=1S/C11H13F2NO/c1-8(7-10(12)13)11(15)14-9-5-3-2-4-6-9/h2-6,8,10H,7H2,1H3,(H,14,15). The number of para-hydroxylation sites is 1. The second-order valence-electron chi connectivity index (χ2n) is 3.38. The minimum absolute atomic E-state index is 0.374. The van der Waals surface area contributed by atoms with Crippen LogP contribution in [-0.4, -0.2) is 12.3 Å². The highest BCUT2D eigenvalue weighted by atomic mass is 19.3. The average Bonchev–Trinajstić information content (AvgIpc) is 2.18. The fourth-order valence-corrected chi connectivity index (χ4v) is 1.16. The third-order valence-corrected chi connectivity index (χ3v) is 2.02. The summed E-state index contributed by atoms with van der Waals surface area (Å²) in [6.45, 7) is 1.49. The summed E-state index contributed by atoms with van der Waals surface area (Å²) in [7, 11) is 0. The van der Waals surface area contributed by atoms with Crippen molar-refractivity contribution >= 4 is 11.6 Å². The Morgan fingerprint density at radius 1 is 1.33 bits per heavy atom. The maximum absolute atomic E-state index is 12.0. The van der Waals surface area contributed by atoms with Gasteiger partial charge in [0.15, 0.2) is 0 Å². The van der Waals surface area contributed by atoms with Gasteiger partial charge in [0.25, 0.3) is 0 Å². The van der Waals surface area contributed by atoms with Gasteiger partial charge < -0.3 is 5.32 Å². The number of carbonyl (C=O) groups excluding carboxylic acids is 1.